The van der Waals surface area contributed by atoms with Crippen LogP contribution in [0.2, 0.25) is 0 Å². The Balaban J connectivity index is 2.60. The van der Waals surface area contributed by atoms with Crippen molar-refractivity contribution in [1.82, 2.24) is 5.32 Å². The second-order valence-electron chi connectivity index (χ2n) is 7.20. The van der Waals surface area contributed by atoms with Crippen LogP contribution in [0.25, 0.3) is 0 Å². The summed E-state index contributed by atoms with van der Waals surface area (Å²) in [6, 6.07) is 0. The van der Waals surface area contributed by atoms with E-state index in [4.69, 9.17) is 0 Å². The van der Waals surface area contributed by atoms with Gasteiger partial charge in [-0.1, -0.05) is 72.1 Å². The summed E-state index contributed by atoms with van der Waals surface area (Å²) < 4.78 is 13.5. The van der Waals surface area contributed by atoms with Crippen LogP contribution in [0.1, 0.15) is 85.0 Å². The Bertz CT molecular complexity index is 294. The lowest BCUT2D eigenvalue weighted by Crippen LogP contribution is -2.37. The molecule has 0 atom stereocenters. The van der Waals surface area contributed by atoms with Gasteiger partial charge in [0.1, 0.15) is 0 Å². The van der Waals surface area contributed by atoms with Crippen LogP contribution in [0.5, 0.6) is 0 Å². The van der Waals surface area contributed by atoms with Crippen LogP contribution in [-0.2, 0) is 4.57 Å². The third-order valence-corrected chi connectivity index (χ3v) is 9.73. The van der Waals surface area contributed by atoms with Gasteiger partial charge in [-0.2, -0.15) is 0 Å². The lowest BCUT2D eigenvalue weighted by molar-refractivity contribution is 0.432. The maximum atomic E-state index is 13.5. The van der Waals surface area contributed by atoms with Gasteiger partial charge in [0.2, 0.25) is 0 Å². The molecule has 1 fully saturated rings. The van der Waals surface area contributed by atoms with E-state index in [9.17, 15) is 4.57 Å². The average molecular weight is 315 g/mol. The smallest absolute Gasteiger partial charge is 0.0957 e. The van der Waals surface area contributed by atoms with Crippen LogP contribution in [-0.4, -0.2) is 30.6 Å². The highest BCUT2D eigenvalue weighted by atomic mass is 31.2. The van der Waals surface area contributed by atoms with Crippen molar-refractivity contribution in [3.8, 4) is 0 Å². The third-order valence-electron chi connectivity index (χ3n) is 5.42. The molecule has 0 radical (unpaired) electrons. The van der Waals surface area contributed by atoms with E-state index in [2.05, 4.69) is 26.1 Å². The molecule has 0 aromatic rings. The van der Waals surface area contributed by atoms with Gasteiger partial charge in [0, 0.05) is 30.6 Å². The van der Waals surface area contributed by atoms with E-state index in [0.717, 1.165) is 25.4 Å². The first-order valence-corrected chi connectivity index (χ1v) is 11.4. The lowest BCUT2D eigenvalue weighted by Gasteiger charge is -2.41. The molecule has 0 unspecified atom stereocenters. The molecule has 1 rings (SSSR count). The molecule has 0 aromatic heterocycles. The molecule has 0 saturated carbocycles. The molecule has 2 nitrogen and oxygen atoms in total. The molecular formula is C18H38NOP. The molecule has 0 aromatic carbocycles. The number of hydrogen-bond acceptors (Lipinski definition) is 2. The second kappa shape index (κ2) is 10.1. The van der Waals surface area contributed by atoms with Crippen molar-refractivity contribution < 1.29 is 4.57 Å². The summed E-state index contributed by atoms with van der Waals surface area (Å²) in [5.41, 5.74) is 0. The van der Waals surface area contributed by atoms with E-state index in [1.165, 1.54) is 64.2 Å². The third kappa shape index (κ3) is 6.06. The summed E-state index contributed by atoms with van der Waals surface area (Å²) in [5, 5.41) is 3.51. The van der Waals surface area contributed by atoms with Gasteiger partial charge >= 0.3 is 0 Å². The second-order valence-corrected chi connectivity index (χ2v) is 11.0. The summed E-state index contributed by atoms with van der Waals surface area (Å²) in [5.74, 6) is 0. The minimum absolute atomic E-state index is 0.122. The van der Waals surface area contributed by atoms with Crippen LogP contribution in [0.15, 0.2) is 0 Å². The van der Waals surface area contributed by atoms with Crippen LogP contribution < -0.4 is 5.32 Å². The van der Waals surface area contributed by atoms with Crippen molar-refractivity contribution in [3.63, 3.8) is 0 Å². The Morgan fingerprint density at radius 2 is 1.33 bits per heavy atom. The minimum atomic E-state index is -2.00. The predicted octanol–water partition coefficient (Wildman–Crippen LogP) is 5.65. The van der Waals surface area contributed by atoms with E-state index in [1.807, 2.05) is 0 Å². The molecule has 1 N–H and O–H groups in total. The number of hydrogen-bond donors (Lipinski definition) is 1. The van der Waals surface area contributed by atoms with Crippen molar-refractivity contribution in [2.45, 2.75) is 90.1 Å². The molecule has 1 aliphatic heterocycles. The number of nitrogens with one attached hydrogen (secondary N) is 1. The van der Waals surface area contributed by atoms with Crippen LogP contribution in [0.3, 0.4) is 0 Å². The highest BCUT2D eigenvalue weighted by Gasteiger charge is 2.43. The molecule has 1 heterocycles. The quantitative estimate of drug-likeness (QED) is 0.394. The molecule has 0 aliphatic carbocycles. The molecule has 1 saturated heterocycles. The van der Waals surface area contributed by atoms with Gasteiger partial charge in [-0.25, -0.2) is 0 Å². The highest BCUT2D eigenvalue weighted by Crippen LogP contribution is 2.62. The summed E-state index contributed by atoms with van der Waals surface area (Å²) in [6.45, 7) is 8.82. The van der Waals surface area contributed by atoms with E-state index >= 15 is 0 Å². The van der Waals surface area contributed by atoms with Gasteiger partial charge in [0.25, 0.3) is 0 Å². The topological polar surface area (TPSA) is 29.1 Å². The molecule has 0 amide bonds. The van der Waals surface area contributed by atoms with Crippen molar-refractivity contribution in [2.24, 2.45) is 0 Å². The monoisotopic (exact) mass is 315 g/mol. The summed E-state index contributed by atoms with van der Waals surface area (Å²) in [4.78, 5) is 0. The Morgan fingerprint density at radius 3 is 1.76 bits per heavy atom. The maximum Gasteiger partial charge on any atom is 0.0957 e. The zero-order valence-electron chi connectivity index (χ0n) is 14.8. The van der Waals surface area contributed by atoms with Gasteiger partial charge in [0.15, 0.2) is 0 Å². The number of unbranched alkanes of at least 4 members (excludes halogenated alkanes) is 6. The summed E-state index contributed by atoms with van der Waals surface area (Å²) in [7, 11) is -2.00. The summed E-state index contributed by atoms with van der Waals surface area (Å²) >= 11 is 0. The average Bonchev–Trinajstić information content (AvgIpc) is 2.49. The zero-order valence-corrected chi connectivity index (χ0v) is 15.6. The van der Waals surface area contributed by atoms with E-state index in [-0.39, 0.29) is 5.16 Å². The molecule has 126 valence electrons. The first kappa shape index (κ1) is 19.2. The highest BCUT2D eigenvalue weighted by molar-refractivity contribution is 7.65. The van der Waals surface area contributed by atoms with Crippen LogP contribution in [0, 0.1) is 0 Å². The zero-order chi connectivity index (χ0) is 15.6. The van der Waals surface area contributed by atoms with Gasteiger partial charge in [-0.15, -0.1) is 0 Å². The van der Waals surface area contributed by atoms with Crippen LogP contribution >= 0.6 is 7.14 Å². The SMILES string of the molecule is CCCCCCC(C)(CCCCCC)P1(=O)CCNCC1. The molecule has 0 spiro atoms. The fraction of sp³-hybridized carbons (Fsp3) is 1.00. The predicted molar refractivity (Wildman–Crippen MR) is 96.1 cm³/mol. The van der Waals surface area contributed by atoms with Crippen molar-refractivity contribution in [3.05, 3.63) is 0 Å². The standard InChI is InChI=1S/C18H38NOP/c1-4-6-8-10-12-18(3,13-11-9-7-5-2)21(20)16-14-19-15-17-21/h19H,4-17H2,1-3H3. The maximum absolute atomic E-state index is 13.5. The Kier molecular flexibility index (Phi) is 9.21. The van der Waals surface area contributed by atoms with Gasteiger partial charge in [0.05, 0.1) is 7.14 Å². The van der Waals surface area contributed by atoms with Crippen LogP contribution in [0.4, 0.5) is 0 Å². The summed E-state index contributed by atoms with van der Waals surface area (Å²) in [6.07, 6.45) is 14.7. The van der Waals surface area contributed by atoms with Crippen molar-refractivity contribution >= 4 is 7.14 Å². The van der Waals surface area contributed by atoms with Crippen molar-refractivity contribution in [1.29, 1.82) is 0 Å². The normalized spacial score (nSPS) is 18.8. The molecule has 1 aliphatic rings. The van der Waals surface area contributed by atoms with E-state index < -0.39 is 7.14 Å². The van der Waals surface area contributed by atoms with Crippen molar-refractivity contribution in [2.75, 3.05) is 25.4 Å². The fourth-order valence-corrected chi connectivity index (χ4v) is 7.17. The molecule has 0 bridgehead atoms. The number of rotatable bonds is 11. The minimum Gasteiger partial charge on any atom is -0.323 e. The van der Waals surface area contributed by atoms with Gasteiger partial charge < -0.3 is 9.88 Å². The first-order chi connectivity index (χ1) is 10.1. The largest absolute Gasteiger partial charge is 0.323 e. The van der Waals surface area contributed by atoms with E-state index in [0.29, 0.717) is 0 Å². The Morgan fingerprint density at radius 1 is 0.857 bits per heavy atom. The molecular weight excluding hydrogens is 277 g/mol. The fourth-order valence-electron chi connectivity index (χ4n) is 3.69. The first-order valence-electron chi connectivity index (χ1n) is 9.37. The lowest BCUT2D eigenvalue weighted by atomic mass is 9.95. The van der Waals surface area contributed by atoms with E-state index in [1.54, 1.807) is 0 Å². The Labute approximate surface area is 133 Å². The Hall–Kier alpha value is 0.190. The molecule has 21 heavy (non-hydrogen) atoms. The van der Waals surface area contributed by atoms with Gasteiger partial charge in [-0.3, -0.25) is 0 Å². The molecule has 3 heteroatoms. The van der Waals surface area contributed by atoms with Gasteiger partial charge in [-0.05, 0) is 12.8 Å².